The molecule has 23 heavy (non-hydrogen) atoms. The van der Waals surface area contributed by atoms with E-state index in [0.717, 1.165) is 0 Å². The molecular weight excluding hydrogens is 309 g/mol. The lowest BCUT2D eigenvalue weighted by molar-refractivity contribution is -0.183. The molecule has 0 spiro atoms. The van der Waals surface area contributed by atoms with Crippen LogP contribution in [0.1, 0.15) is 15.9 Å². The predicted octanol–water partition coefficient (Wildman–Crippen LogP) is 1.14. The normalized spacial score (nSPS) is 17.7. The van der Waals surface area contributed by atoms with Gasteiger partial charge in [0.2, 0.25) is 0 Å². The molecule has 1 amide bonds. The molecule has 5 nitrogen and oxygen atoms in total. The molecule has 1 unspecified atom stereocenters. The number of hydrogen-bond acceptors (Lipinski definition) is 4. The van der Waals surface area contributed by atoms with Crippen molar-refractivity contribution < 1.29 is 18.0 Å². The Morgan fingerprint density at radius 2 is 2.04 bits per heavy atom. The molecule has 8 heteroatoms. The predicted molar refractivity (Wildman–Crippen MR) is 82.2 cm³/mol. The van der Waals surface area contributed by atoms with Crippen molar-refractivity contribution in [2.75, 3.05) is 38.5 Å². The summed E-state index contributed by atoms with van der Waals surface area (Å²) in [4.78, 5) is 13.5. The van der Waals surface area contributed by atoms with Crippen molar-refractivity contribution in [1.82, 2.24) is 15.5 Å². The summed E-state index contributed by atoms with van der Waals surface area (Å²) in [5, 5.41) is 5.41. The average molecular weight is 330 g/mol. The summed E-state index contributed by atoms with van der Waals surface area (Å²) in [5.74, 6) is -0.542. The fourth-order valence-corrected chi connectivity index (χ4v) is 2.61. The van der Waals surface area contributed by atoms with Crippen LogP contribution < -0.4 is 16.4 Å². The first-order valence-corrected chi connectivity index (χ1v) is 7.45. The number of nitrogen functional groups attached to an aromatic ring is 1. The van der Waals surface area contributed by atoms with Crippen molar-refractivity contribution in [2.24, 2.45) is 0 Å². The molecule has 128 valence electrons. The number of anilines is 1. The number of aryl methyl sites for hydroxylation is 1. The van der Waals surface area contributed by atoms with Crippen molar-refractivity contribution in [3.05, 3.63) is 29.3 Å². The largest absolute Gasteiger partial charge is 0.405 e. The van der Waals surface area contributed by atoms with Crippen LogP contribution in [0.15, 0.2) is 18.2 Å². The van der Waals surface area contributed by atoms with Crippen molar-refractivity contribution in [2.45, 2.75) is 19.1 Å². The van der Waals surface area contributed by atoms with Gasteiger partial charge in [0.05, 0.1) is 0 Å². The number of rotatable bonds is 4. The van der Waals surface area contributed by atoms with Crippen LogP contribution in [0.2, 0.25) is 0 Å². The van der Waals surface area contributed by atoms with Crippen LogP contribution in [-0.2, 0) is 0 Å². The van der Waals surface area contributed by atoms with Crippen LogP contribution in [0.5, 0.6) is 0 Å². The van der Waals surface area contributed by atoms with Crippen LogP contribution in [0.25, 0.3) is 0 Å². The second-order valence-corrected chi connectivity index (χ2v) is 5.63. The Balaban J connectivity index is 2.05. The minimum Gasteiger partial charge on any atom is -0.399 e. The molecule has 1 aromatic rings. The van der Waals surface area contributed by atoms with Gasteiger partial charge in [-0.1, -0.05) is 6.07 Å². The molecule has 0 aromatic heterocycles. The fraction of sp³-hybridized carbons (Fsp3) is 0.533. The van der Waals surface area contributed by atoms with Crippen molar-refractivity contribution >= 4 is 11.6 Å². The first kappa shape index (κ1) is 17.6. The van der Waals surface area contributed by atoms with Gasteiger partial charge in [-0.2, -0.15) is 13.2 Å². The van der Waals surface area contributed by atoms with Gasteiger partial charge in [-0.05, 0) is 24.6 Å². The summed E-state index contributed by atoms with van der Waals surface area (Å²) in [6, 6.07) is 3.10. The highest BCUT2D eigenvalue weighted by Gasteiger charge is 2.43. The summed E-state index contributed by atoms with van der Waals surface area (Å²) in [6.45, 7) is 2.86. The van der Waals surface area contributed by atoms with Crippen LogP contribution >= 0.6 is 0 Å². The van der Waals surface area contributed by atoms with E-state index in [2.05, 4.69) is 10.6 Å². The van der Waals surface area contributed by atoms with Gasteiger partial charge in [-0.3, -0.25) is 9.69 Å². The third-order valence-corrected chi connectivity index (χ3v) is 3.93. The zero-order chi connectivity index (χ0) is 17.0. The molecule has 1 aliphatic rings. The molecule has 1 aliphatic heterocycles. The molecule has 2 rings (SSSR count). The Bertz CT molecular complexity index is 556. The van der Waals surface area contributed by atoms with E-state index in [9.17, 15) is 18.0 Å². The lowest BCUT2D eigenvalue weighted by Gasteiger charge is -2.35. The van der Waals surface area contributed by atoms with Gasteiger partial charge in [-0.15, -0.1) is 0 Å². The number of benzene rings is 1. The highest BCUT2D eigenvalue weighted by atomic mass is 19.4. The number of nitrogens with zero attached hydrogens (tertiary/aromatic N) is 1. The van der Waals surface area contributed by atoms with Crippen molar-refractivity contribution in [1.29, 1.82) is 0 Å². The van der Waals surface area contributed by atoms with Crippen LogP contribution in [0.3, 0.4) is 0 Å². The maximum absolute atomic E-state index is 13.3. The maximum Gasteiger partial charge on any atom is 0.405 e. The molecular formula is C15H21F3N4O. The standard InChI is InChI=1S/C15H21F3N4O/c1-10-2-3-11(19)8-12(10)14(23)21-9-13(15(16,17)18)22-6-4-20-5-7-22/h2-3,8,13,20H,4-7,9,19H2,1H3,(H,21,23). The maximum atomic E-state index is 13.3. The van der Waals surface area contributed by atoms with E-state index < -0.39 is 24.7 Å². The zero-order valence-corrected chi connectivity index (χ0v) is 12.9. The summed E-state index contributed by atoms with van der Waals surface area (Å²) in [5.41, 5.74) is 7.00. The van der Waals surface area contributed by atoms with Crippen molar-refractivity contribution in [3.63, 3.8) is 0 Å². The topological polar surface area (TPSA) is 70.4 Å². The second-order valence-electron chi connectivity index (χ2n) is 5.63. The molecule has 0 radical (unpaired) electrons. The van der Waals surface area contributed by atoms with E-state index in [1.54, 1.807) is 19.1 Å². The average Bonchev–Trinajstić information content (AvgIpc) is 2.49. The number of piperazine rings is 1. The Hall–Kier alpha value is -1.80. The molecule has 1 fully saturated rings. The Morgan fingerprint density at radius 1 is 1.39 bits per heavy atom. The smallest absolute Gasteiger partial charge is 0.399 e. The second kappa shape index (κ2) is 7.18. The van der Waals surface area contributed by atoms with Gasteiger partial charge in [-0.25, -0.2) is 0 Å². The SMILES string of the molecule is Cc1ccc(N)cc1C(=O)NCC(N1CCNCC1)C(F)(F)F. The lowest BCUT2D eigenvalue weighted by atomic mass is 10.1. The lowest BCUT2D eigenvalue weighted by Crippen LogP contribution is -2.57. The number of carbonyl (C=O) groups excluding carboxylic acids is 1. The van der Waals surface area contributed by atoms with Gasteiger partial charge >= 0.3 is 6.18 Å². The molecule has 1 aromatic carbocycles. The van der Waals surface area contributed by atoms with Gasteiger partial charge in [0.15, 0.2) is 0 Å². The minimum absolute atomic E-state index is 0.297. The monoisotopic (exact) mass is 330 g/mol. The Morgan fingerprint density at radius 3 is 2.65 bits per heavy atom. The summed E-state index contributed by atoms with van der Waals surface area (Å²) < 4.78 is 39.8. The molecule has 0 bridgehead atoms. The van der Waals surface area contributed by atoms with E-state index in [4.69, 9.17) is 5.73 Å². The Labute approximate surface area is 133 Å². The third kappa shape index (κ3) is 4.59. The highest BCUT2D eigenvalue weighted by molar-refractivity contribution is 5.96. The van der Waals surface area contributed by atoms with E-state index >= 15 is 0 Å². The number of amides is 1. The number of nitrogens with two attached hydrogens (primary N) is 1. The fourth-order valence-electron chi connectivity index (χ4n) is 2.61. The van der Waals surface area contributed by atoms with Crippen LogP contribution in [0.4, 0.5) is 18.9 Å². The van der Waals surface area contributed by atoms with E-state index in [-0.39, 0.29) is 0 Å². The molecule has 1 atom stereocenters. The summed E-state index contributed by atoms with van der Waals surface area (Å²) in [7, 11) is 0. The van der Waals surface area contributed by atoms with E-state index in [1.165, 1.54) is 11.0 Å². The molecule has 0 aliphatic carbocycles. The third-order valence-electron chi connectivity index (χ3n) is 3.93. The van der Waals surface area contributed by atoms with Gasteiger partial charge in [0.25, 0.3) is 5.91 Å². The molecule has 4 N–H and O–H groups in total. The molecule has 1 saturated heterocycles. The minimum atomic E-state index is -4.39. The number of hydrogen-bond donors (Lipinski definition) is 3. The highest BCUT2D eigenvalue weighted by Crippen LogP contribution is 2.25. The summed E-state index contributed by atoms with van der Waals surface area (Å²) >= 11 is 0. The van der Waals surface area contributed by atoms with Crippen LogP contribution in [0, 0.1) is 6.92 Å². The number of alkyl halides is 3. The van der Waals surface area contributed by atoms with Gasteiger partial charge < -0.3 is 16.4 Å². The zero-order valence-electron chi connectivity index (χ0n) is 12.9. The van der Waals surface area contributed by atoms with Crippen molar-refractivity contribution in [3.8, 4) is 0 Å². The Kier molecular flexibility index (Phi) is 5.48. The molecule has 1 heterocycles. The first-order chi connectivity index (χ1) is 10.8. The van der Waals surface area contributed by atoms with Gasteiger partial charge in [0, 0.05) is 44.0 Å². The van der Waals surface area contributed by atoms with Crippen LogP contribution in [-0.4, -0.2) is 55.7 Å². The number of carbonyl (C=O) groups is 1. The number of nitrogens with one attached hydrogen (secondary N) is 2. The number of halogens is 3. The van der Waals surface area contributed by atoms with E-state index in [0.29, 0.717) is 43.0 Å². The molecule has 0 saturated carbocycles. The first-order valence-electron chi connectivity index (χ1n) is 7.45. The summed E-state index contributed by atoms with van der Waals surface area (Å²) in [6.07, 6.45) is -4.39. The van der Waals surface area contributed by atoms with Gasteiger partial charge in [0.1, 0.15) is 6.04 Å². The van der Waals surface area contributed by atoms with E-state index in [1.807, 2.05) is 0 Å². The quantitative estimate of drug-likeness (QED) is 0.724.